The van der Waals surface area contributed by atoms with Crippen LogP contribution in [0.5, 0.6) is 0 Å². The van der Waals surface area contributed by atoms with Crippen molar-refractivity contribution in [1.29, 1.82) is 0 Å². The average Bonchev–Trinajstić information content (AvgIpc) is 3.41. The Morgan fingerprint density at radius 1 is 0.647 bits per heavy atom. The van der Waals surface area contributed by atoms with Gasteiger partial charge in [-0.05, 0) is 33.7 Å². The first-order chi connectivity index (χ1) is 16.6. The predicted molar refractivity (Wildman–Crippen MR) is 142 cm³/mol. The summed E-state index contributed by atoms with van der Waals surface area (Å²) in [5, 5.41) is 3.61. The highest BCUT2D eigenvalue weighted by atomic mass is 15.1. The molecule has 0 unspecified atom stereocenters. The number of pyridine rings is 1. The van der Waals surface area contributed by atoms with Crippen molar-refractivity contribution in [2.24, 2.45) is 0 Å². The Hall–Kier alpha value is -4.17. The van der Waals surface area contributed by atoms with E-state index in [0.29, 0.717) is 0 Å². The number of fused-ring (bicyclic) bond motifs is 6. The summed E-state index contributed by atoms with van der Waals surface area (Å²) in [4.78, 5) is 5.06. The minimum Gasteiger partial charge on any atom is -0.300 e. The summed E-state index contributed by atoms with van der Waals surface area (Å²) in [7, 11) is 0. The van der Waals surface area contributed by atoms with Crippen LogP contribution in [0.3, 0.4) is 0 Å². The molecule has 0 fully saturated rings. The van der Waals surface area contributed by atoms with Crippen molar-refractivity contribution in [1.82, 2.24) is 9.55 Å². The van der Waals surface area contributed by atoms with Crippen LogP contribution in [0.15, 0.2) is 109 Å². The topological polar surface area (TPSA) is 17.8 Å². The molecule has 0 bridgehead atoms. The maximum absolute atomic E-state index is 5.06. The number of hydrogen-bond acceptors (Lipinski definition) is 1. The second-order valence-corrected chi connectivity index (χ2v) is 9.69. The highest BCUT2D eigenvalue weighted by Gasteiger charge is 2.37. The van der Waals surface area contributed by atoms with Gasteiger partial charge in [-0.2, -0.15) is 0 Å². The molecule has 0 saturated carbocycles. The first kappa shape index (κ1) is 19.3. The first-order valence-electron chi connectivity index (χ1n) is 11.8. The lowest BCUT2D eigenvalue weighted by Gasteiger charge is -2.21. The third-order valence-electron chi connectivity index (χ3n) is 7.48. The predicted octanol–water partition coefficient (Wildman–Crippen LogP) is 8.15. The molecule has 0 aliphatic heterocycles. The van der Waals surface area contributed by atoms with Crippen molar-refractivity contribution < 1.29 is 0 Å². The number of rotatable bonds is 2. The summed E-state index contributed by atoms with van der Waals surface area (Å²) < 4.78 is 2.30. The molecular formula is C32H24N2. The van der Waals surface area contributed by atoms with Gasteiger partial charge in [0.25, 0.3) is 0 Å². The third-order valence-corrected chi connectivity index (χ3v) is 7.48. The van der Waals surface area contributed by atoms with Gasteiger partial charge in [0, 0.05) is 39.7 Å². The molecule has 162 valence electrons. The standard InChI is InChI=1S/C32H24N2/c1-32(2)27-15-9-8-14-25(27)29-28(32)17-16-22-18-19-34(30(22)29)31-24-13-7-6-12-23(24)26(20-33-31)21-10-4-3-5-11-21/h3-20H,1-2H3. The minimum atomic E-state index is -0.0259. The lowest BCUT2D eigenvalue weighted by molar-refractivity contribution is 0.661. The van der Waals surface area contributed by atoms with E-state index in [0.717, 1.165) is 16.8 Å². The summed E-state index contributed by atoms with van der Waals surface area (Å²) >= 11 is 0. The van der Waals surface area contributed by atoms with Crippen molar-refractivity contribution in [2.45, 2.75) is 19.3 Å². The Morgan fingerprint density at radius 3 is 2.24 bits per heavy atom. The fourth-order valence-electron chi connectivity index (χ4n) is 5.81. The lowest BCUT2D eigenvalue weighted by Crippen LogP contribution is -2.14. The van der Waals surface area contributed by atoms with Gasteiger partial charge in [-0.25, -0.2) is 4.98 Å². The van der Waals surface area contributed by atoms with Gasteiger partial charge in [0.2, 0.25) is 0 Å². The second-order valence-electron chi connectivity index (χ2n) is 9.69. The molecule has 2 aromatic heterocycles. The molecule has 1 aliphatic carbocycles. The quantitative estimate of drug-likeness (QED) is 0.268. The smallest absolute Gasteiger partial charge is 0.145 e. The zero-order chi connectivity index (χ0) is 22.9. The van der Waals surface area contributed by atoms with Gasteiger partial charge in [0.1, 0.15) is 5.82 Å². The molecule has 0 N–H and O–H groups in total. The van der Waals surface area contributed by atoms with Crippen LogP contribution in [0, 0.1) is 0 Å². The second kappa shape index (κ2) is 6.91. The van der Waals surface area contributed by atoms with Crippen molar-refractivity contribution >= 4 is 21.7 Å². The molecule has 0 amide bonds. The largest absolute Gasteiger partial charge is 0.300 e. The molecule has 0 spiro atoms. The molecule has 1 aliphatic rings. The first-order valence-corrected chi connectivity index (χ1v) is 11.8. The highest BCUT2D eigenvalue weighted by molar-refractivity contribution is 6.04. The van der Waals surface area contributed by atoms with Crippen molar-refractivity contribution in [3.63, 3.8) is 0 Å². The van der Waals surface area contributed by atoms with Crippen LogP contribution < -0.4 is 0 Å². The van der Waals surface area contributed by atoms with Crippen molar-refractivity contribution in [2.75, 3.05) is 0 Å². The van der Waals surface area contributed by atoms with Gasteiger partial charge < -0.3 is 4.57 Å². The van der Waals surface area contributed by atoms with Crippen LogP contribution in [0.25, 0.3) is 49.7 Å². The zero-order valence-corrected chi connectivity index (χ0v) is 19.3. The maximum atomic E-state index is 5.06. The van der Waals surface area contributed by atoms with E-state index in [2.05, 4.69) is 122 Å². The molecule has 0 atom stereocenters. The fourth-order valence-corrected chi connectivity index (χ4v) is 5.81. The lowest BCUT2D eigenvalue weighted by atomic mass is 9.82. The van der Waals surface area contributed by atoms with E-state index >= 15 is 0 Å². The summed E-state index contributed by atoms with van der Waals surface area (Å²) in [6.45, 7) is 4.66. The van der Waals surface area contributed by atoms with E-state index in [1.165, 1.54) is 44.1 Å². The van der Waals surface area contributed by atoms with E-state index < -0.39 is 0 Å². The zero-order valence-electron chi connectivity index (χ0n) is 19.3. The molecule has 34 heavy (non-hydrogen) atoms. The molecule has 2 heteroatoms. The molecule has 2 heterocycles. The Labute approximate surface area is 199 Å². The van der Waals surface area contributed by atoms with Gasteiger partial charge >= 0.3 is 0 Å². The van der Waals surface area contributed by atoms with Gasteiger partial charge in [-0.15, -0.1) is 0 Å². The number of hydrogen-bond donors (Lipinski definition) is 0. The third kappa shape index (κ3) is 2.54. The molecule has 7 rings (SSSR count). The molecule has 0 radical (unpaired) electrons. The van der Waals surface area contributed by atoms with Gasteiger partial charge in [0.15, 0.2) is 0 Å². The molecule has 6 aromatic rings. The molecular weight excluding hydrogens is 412 g/mol. The van der Waals surface area contributed by atoms with E-state index in [1.54, 1.807) is 0 Å². The number of aromatic nitrogens is 2. The minimum absolute atomic E-state index is 0.0259. The Balaban J connectivity index is 1.55. The van der Waals surface area contributed by atoms with Crippen LogP contribution in [0.4, 0.5) is 0 Å². The fraction of sp³-hybridized carbons (Fsp3) is 0.0938. The Bertz CT molecular complexity index is 1720. The Morgan fingerprint density at radius 2 is 1.38 bits per heavy atom. The maximum Gasteiger partial charge on any atom is 0.145 e. The van der Waals surface area contributed by atoms with E-state index in [9.17, 15) is 0 Å². The van der Waals surface area contributed by atoms with Crippen molar-refractivity contribution in [3.8, 4) is 28.1 Å². The highest BCUT2D eigenvalue weighted by Crippen LogP contribution is 2.51. The van der Waals surface area contributed by atoms with Gasteiger partial charge in [-0.1, -0.05) is 105 Å². The molecule has 2 nitrogen and oxygen atoms in total. The summed E-state index contributed by atoms with van der Waals surface area (Å²) in [5.41, 5.74) is 9.00. The van der Waals surface area contributed by atoms with Crippen molar-refractivity contribution in [3.05, 3.63) is 121 Å². The van der Waals surface area contributed by atoms with Crippen LogP contribution in [-0.4, -0.2) is 9.55 Å². The van der Waals surface area contributed by atoms with Crippen LogP contribution in [-0.2, 0) is 5.41 Å². The molecule has 4 aromatic carbocycles. The summed E-state index contributed by atoms with van der Waals surface area (Å²) in [6.07, 6.45) is 4.20. The normalized spacial score (nSPS) is 13.8. The van der Waals surface area contributed by atoms with Crippen LogP contribution >= 0.6 is 0 Å². The van der Waals surface area contributed by atoms with Gasteiger partial charge in [-0.3, -0.25) is 0 Å². The van der Waals surface area contributed by atoms with E-state index in [-0.39, 0.29) is 5.41 Å². The van der Waals surface area contributed by atoms with Gasteiger partial charge in [0.05, 0.1) is 5.52 Å². The molecule has 0 saturated heterocycles. The number of nitrogens with zero attached hydrogens (tertiary/aromatic N) is 2. The summed E-state index contributed by atoms with van der Waals surface area (Å²) in [6, 6.07) is 34.8. The Kier molecular flexibility index (Phi) is 3.93. The summed E-state index contributed by atoms with van der Waals surface area (Å²) in [5.74, 6) is 0.973. The average molecular weight is 437 g/mol. The van der Waals surface area contributed by atoms with Crippen LogP contribution in [0.2, 0.25) is 0 Å². The number of benzene rings is 4. The van der Waals surface area contributed by atoms with E-state index in [1.807, 2.05) is 6.20 Å². The SMILES string of the molecule is CC1(C)c2ccccc2-c2c1ccc1ccn(-c3ncc(-c4ccccc4)c4ccccc34)c21. The van der Waals surface area contributed by atoms with Crippen LogP contribution in [0.1, 0.15) is 25.0 Å². The monoisotopic (exact) mass is 436 g/mol. The van der Waals surface area contributed by atoms with E-state index in [4.69, 9.17) is 4.98 Å².